The van der Waals surface area contributed by atoms with Crippen molar-refractivity contribution in [3.8, 4) is 0 Å². The Morgan fingerprint density at radius 2 is 1.58 bits per heavy atom. The van der Waals surface area contributed by atoms with Gasteiger partial charge in [0.15, 0.2) is 0 Å². The van der Waals surface area contributed by atoms with E-state index in [2.05, 4.69) is 5.32 Å². The van der Waals surface area contributed by atoms with Crippen LogP contribution in [0, 0.1) is 5.82 Å². The summed E-state index contributed by atoms with van der Waals surface area (Å²) in [7, 11) is -4.24. The van der Waals surface area contributed by atoms with Crippen molar-refractivity contribution in [2.24, 2.45) is 0 Å². The minimum Gasteiger partial charge on any atom is -0.354 e. The molecule has 0 radical (unpaired) electrons. The zero-order chi connectivity index (χ0) is 27.7. The number of nitrogens with zero attached hydrogens (tertiary/aromatic N) is 2. The van der Waals surface area contributed by atoms with Gasteiger partial charge in [-0.15, -0.1) is 0 Å². The van der Waals surface area contributed by atoms with Crippen LogP contribution >= 0.6 is 11.6 Å². The molecule has 202 valence electrons. The average molecular weight is 560 g/mol. The van der Waals surface area contributed by atoms with Crippen LogP contribution in [0.4, 0.5) is 10.1 Å². The first-order valence-electron chi connectivity index (χ1n) is 12.3. The van der Waals surface area contributed by atoms with E-state index < -0.39 is 34.3 Å². The number of para-hydroxylation sites is 1. The molecule has 0 spiro atoms. The minimum atomic E-state index is -4.24. The molecule has 0 heterocycles. The molecular weight excluding hydrogens is 529 g/mol. The van der Waals surface area contributed by atoms with Crippen LogP contribution in [0.1, 0.15) is 32.3 Å². The van der Waals surface area contributed by atoms with Gasteiger partial charge in [-0.3, -0.25) is 13.9 Å². The van der Waals surface area contributed by atoms with E-state index in [1.54, 1.807) is 61.5 Å². The lowest BCUT2D eigenvalue weighted by molar-refractivity contribution is -0.140. The predicted octanol–water partition coefficient (Wildman–Crippen LogP) is 5.01. The van der Waals surface area contributed by atoms with Gasteiger partial charge in [-0.05, 0) is 66.9 Å². The van der Waals surface area contributed by atoms with Gasteiger partial charge < -0.3 is 10.2 Å². The van der Waals surface area contributed by atoms with E-state index in [0.717, 1.165) is 40.6 Å². The summed E-state index contributed by atoms with van der Waals surface area (Å²) >= 11 is 6.02. The van der Waals surface area contributed by atoms with Gasteiger partial charge in [-0.25, -0.2) is 12.8 Å². The summed E-state index contributed by atoms with van der Waals surface area (Å²) in [6, 6.07) is 18.7. The highest BCUT2D eigenvalue weighted by molar-refractivity contribution is 7.92. The van der Waals surface area contributed by atoms with E-state index in [-0.39, 0.29) is 23.0 Å². The number of nitrogens with one attached hydrogen (secondary N) is 1. The maximum Gasteiger partial charge on any atom is 0.264 e. The third-order valence-corrected chi connectivity index (χ3v) is 7.97. The van der Waals surface area contributed by atoms with Crippen LogP contribution in [0.3, 0.4) is 0 Å². The van der Waals surface area contributed by atoms with Crippen molar-refractivity contribution >= 4 is 39.1 Å². The van der Waals surface area contributed by atoms with E-state index in [1.165, 1.54) is 4.90 Å². The van der Waals surface area contributed by atoms with E-state index >= 15 is 0 Å². The quantitative estimate of drug-likeness (QED) is 0.338. The van der Waals surface area contributed by atoms with Crippen molar-refractivity contribution in [1.82, 2.24) is 10.2 Å². The molecule has 2 amide bonds. The first kappa shape index (κ1) is 29.1. The summed E-state index contributed by atoms with van der Waals surface area (Å²) in [5.41, 5.74) is 0.997. The second-order valence-electron chi connectivity index (χ2n) is 8.66. The van der Waals surface area contributed by atoms with E-state index in [1.807, 2.05) is 6.92 Å². The van der Waals surface area contributed by atoms with Gasteiger partial charge in [0.1, 0.15) is 18.4 Å². The second-order valence-corrected chi connectivity index (χ2v) is 11.0. The predicted molar refractivity (Wildman–Crippen MR) is 147 cm³/mol. The topological polar surface area (TPSA) is 86.8 Å². The highest BCUT2D eigenvalue weighted by Gasteiger charge is 2.33. The van der Waals surface area contributed by atoms with Crippen LogP contribution < -0.4 is 9.62 Å². The Morgan fingerprint density at radius 3 is 2.16 bits per heavy atom. The average Bonchev–Trinajstić information content (AvgIpc) is 2.92. The van der Waals surface area contributed by atoms with Crippen LogP contribution in [0.2, 0.25) is 5.02 Å². The normalized spacial score (nSPS) is 12.0. The van der Waals surface area contributed by atoms with Crippen molar-refractivity contribution in [3.63, 3.8) is 0 Å². The molecule has 1 N–H and O–H groups in total. The largest absolute Gasteiger partial charge is 0.354 e. The monoisotopic (exact) mass is 559 g/mol. The lowest BCUT2D eigenvalue weighted by Gasteiger charge is -2.33. The summed E-state index contributed by atoms with van der Waals surface area (Å²) in [5.74, 6) is -1.46. The maximum atomic E-state index is 13.9. The number of carbonyl (C=O) groups is 2. The summed E-state index contributed by atoms with van der Waals surface area (Å²) in [6.07, 6.45) is 1.05. The minimum absolute atomic E-state index is 0.0767. The van der Waals surface area contributed by atoms with Gasteiger partial charge in [0.05, 0.1) is 10.6 Å². The molecule has 0 aliphatic heterocycles. The molecule has 0 aliphatic rings. The van der Waals surface area contributed by atoms with Gasteiger partial charge in [0.25, 0.3) is 10.0 Å². The van der Waals surface area contributed by atoms with Crippen LogP contribution in [0.5, 0.6) is 0 Å². The van der Waals surface area contributed by atoms with Crippen molar-refractivity contribution in [2.45, 2.75) is 44.2 Å². The van der Waals surface area contributed by atoms with E-state index in [0.29, 0.717) is 18.0 Å². The lowest BCUT2D eigenvalue weighted by atomic mass is 10.1. The molecule has 0 fully saturated rings. The van der Waals surface area contributed by atoms with E-state index in [4.69, 9.17) is 11.6 Å². The van der Waals surface area contributed by atoms with Crippen molar-refractivity contribution in [3.05, 3.63) is 95.3 Å². The lowest BCUT2D eigenvalue weighted by Crippen LogP contribution is -2.52. The maximum absolute atomic E-state index is 13.9. The van der Waals surface area contributed by atoms with Gasteiger partial charge in [0, 0.05) is 18.1 Å². The van der Waals surface area contributed by atoms with Gasteiger partial charge in [-0.2, -0.15) is 0 Å². The Hall–Kier alpha value is -3.43. The molecule has 38 heavy (non-hydrogen) atoms. The van der Waals surface area contributed by atoms with Gasteiger partial charge in [-0.1, -0.05) is 55.8 Å². The summed E-state index contributed by atoms with van der Waals surface area (Å²) in [6.45, 7) is 3.69. The Morgan fingerprint density at radius 1 is 0.947 bits per heavy atom. The third kappa shape index (κ3) is 7.33. The standard InChI is InChI=1S/C28H31ClFN3O4S/c1-3-18-31-28(35)26(4-2)32(19-21-10-12-22(29)13-11-21)27(34)20-33(24-8-6-5-7-9-24)38(36,37)25-16-14-23(30)15-17-25/h5-17,26H,3-4,18-20H2,1-2H3,(H,31,35)/t26-/m1/s1. The molecule has 10 heteroatoms. The molecule has 7 nitrogen and oxygen atoms in total. The first-order valence-corrected chi connectivity index (χ1v) is 14.1. The molecule has 3 aromatic carbocycles. The Labute approximate surface area is 228 Å². The number of hydrogen-bond donors (Lipinski definition) is 1. The smallest absolute Gasteiger partial charge is 0.264 e. The molecule has 1 atom stereocenters. The third-order valence-electron chi connectivity index (χ3n) is 5.93. The first-order chi connectivity index (χ1) is 18.2. The summed E-state index contributed by atoms with van der Waals surface area (Å²) in [4.78, 5) is 28.1. The molecule has 0 aliphatic carbocycles. The fraction of sp³-hybridized carbons (Fsp3) is 0.286. The number of rotatable bonds is 12. The molecule has 0 bridgehead atoms. The highest BCUT2D eigenvalue weighted by Crippen LogP contribution is 2.25. The summed E-state index contributed by atoms with van der Waals surface area (Å²) in [5, 5.41) is 3.37. The zero-order valence-electron chi connectivity index (χ0n) is 21.3. The number of hydrogen-bond acceptors (Lipinski definition) is 4. The number of halogens is 2. The number of amides is 2. The number of benzene rings is 3. The number of anilines is 1. The van der Waals surface area contributed by atoms with Crippen LogP contribution in [0.25, 0.3) is 0 Å². The second kappa shape index (κ2) is 13.4. The Balaban J connectivity index is 2.01. The fourth-order valence-corrected chi connectivity index (χ4v) is 5.47. The molecule has 0 aromatic heterocycles. The van der Waals surface area contributed by atoms with Gasteiger partial charge in [0.2, 0.25) is 11.8 Å². The van der Waals surface area contributed by atoms with Crippen molar-refractivity contribution < 1.29 is 22.4 Å². The van der Waals surface area contributed by atoms with Crippen LogP contribution in [-0.2, 0) is 26.2 Å². The molecule has 3 aromatic rings. The highest BCUT2D eigenvalue weighted by atomic mass is 35.5. The molecule has 3 rings (SSSR count). The van der Waals surface area contributed by atoms with Crippen molar-refractivity contribution in [2.75, 3.05) is 17.4 Å². The Kier molecular flexibility index (Phi) is 10.3. The molecule has 0 unspecified atom stereocenters. The fourth-order valence-electron chi connectivity index (χ4n) is 3.93. The molecular formula is C28H31ClFN3O4S. The van der Waals surface area contributed by atoms with Gasteiger partial charge >= 0.3 is 0 Å². The molecule has 0 saturated carbocycles. The molecule has 0 saturated heterocycles. The number of carbonyl (C=O) groups excluding carboxylic acids is 2. The number of sulfonamides is 1. The zero-order valence-corrected chi connectivity index (χ0v) is 22.9. The van der Waals surface area contributed by atoms with E-state index in [9.17, 15) is 22.4 Å². The van der Waals surface area contributed by atoms with Crippen LogP contribution in [0.15, 0.2) is 83.8 Å². The Bertz CT molecular complexity index is 1320. The van der Waals surface area contributed by atoms with Crippen LogP contribution in [-0.4, -0.2) is 44.3 Å². The SMILES string of the molecule is CCCNC(=O)[C@@H](CC)N(Cc1ccc(Cl)cc1)C(=O)CN(c1ccccc1)S(=O)(=O)c1ccc(F)cc1. The summed E-state index contributed by atoms with van der Waals surface area (Å²) < 4.78 is 41.8. The van der Waals surface area contributed by atoms with Crippen molar-refractivity contribution in [1.29, 1.82) is 0 Å².